The van der Waals surface area contributed by atoms with Crippen molar-refractivity contribution in [2.75, 3.05) is 11.4 Å². The minimum absolute atomic E-state index is 0.691. The molecule has 1 saturated heterocycles. The summed E-state index contributed by atoms with van der Waals surface area (Å²) < 4.78 is 0. The smallest absolute Gasteiger partial charge is 0.0399 e. The number of pyridine rings is 1. The second-order valence-electron chi connectivity index (χ2n) is 3.74. The van der Waals surface area contributed by atoms with Crippen LogP contribution < -0.4 is 4.90 Å². The van der Waals surface area contributed by atoms with Gasteiger partial charge in [0.25, 0.3) is 0 Å². The fourth-order valence-electron chi connectivity index (χ4n) is 2.02. The van der Waals surface area contributed by atoms with Crippen molar-refractivity contribution in [2.45, 2.75) is 32.2 Å². The average molecular weight is 176 g/mol. The van der Waals surface area contributed by atoms with Gasteiger partial charge >= 0.3 is 0 Å². The van der Waals surface area contributed by atoms with Gasteiger partial charge in [0.1, 0.15) is 0 Å². The Labute approximate surface area is 79.6 Å². The molecule has 1 aromatic heterocycles. The van der Waals surface area contributed by atoms with Gasteiger partial charge in [0.05, 0.1) is 0 Å². The van der Waals surface area contributed by atoms with Gasteiger partial charge in [-0.2, -0.15) is 0 Å². The van der Waals surface area contributed by atoms with E-state index < -0.39 is 0 Å². The van der Waals surface area contributed by atoms with Gasteiger partial charge < -0.3 is 4.90 Å². The van der Waals surface area contributed by atoms with E-state index in [1.54, 1.807) is 0 Å². The summed E-state index contributed by atoms with van der Waals surface area (Å²) in [5.41, 5.74) is 1.32. The fourth-order valence-corrected chi connectivity index (χ4v) is 2.02. The molecular weight excluding hydrogens is 160 g/mol. The average Bonchev–Trinajstić information content (AvgIpc) is 2.20. The fraction of sp³-hybridized carbons (Fsp3) is 0.545. The molecule has 0 radical (unpaired) electrons. The van der Waals surface area contributed by atoms with E-state index in [4.69, 9.17) is 0 Å². The zero-order valence-corrected chi connectivity index (χ0v) is 8.11. The molecule has 1 aromatic rings. The van der Waals surface area contributed by atoms with Crippen molar-refractivity contribution in [3.05, 3.63) is 24.5 Å². The molecule has 0 aliphatic carbocycles. The van der Waals surface area contributed by atoms with E-state index in [2.05, 4.69) is 28.9 Å². The highest BCUT2D eigenvalue weighted by molar-refractivity contribution is 5.45. The van der Waals surface area contributed by atoms with E-state index in [1.807, 2.05) is 12.4 Å². The Morgan fingerprint density at radius 2 is 2.08 bits per heavy atom. The molecule has 1 unspecified atom stereocenters. The predicted octanol–water partition coefficient (Wildman–Crippen LogP) is 2.46. The number of hydrogen-bond acceptors (Lipinski definition) is 2. The lowest BCUT2D eigenvalue weighted by Crippen LogP contribution is -2.37. The maximum atomic E-state index is 4.04. The van der Waals surface area contributed by atoms with Gasteiger partial charge in [0.15, 0.2) is 0 Å². The lowest BCUT2D eigenvalue weighted by atomic mass is 10.0. The number of rotatable bonds is 1. The highest BCUT2D eigenvalue weighted by Crippen LogP contribution is 2.23. The summed E-state index contributed by atoms with van der Waals surface area (Å²) in [6.07, 6.45) is 7.77. The van der Waals surface area contributed by atoms with Gasteiger partial charge in [0, 0.05) is 30.7 Å². The highest BCUT2D eigenvalue weighted by atomic mass is 15.2. The first-order chi connectivity index (χ1) is 6.38. The number of piperidine rings is 1. The largest absolute Gasteiger partial charge is 0.369 e. The van der Waals surface area contributed by atoms with Crippen LogP contribution in [-0.2, 0) is 0 Å². The Balaban J connectivity index is 2.15. The zero-order valence-electron chi connectivity index (χ0n) is 8.11. The van der Waals surface area contributed by atoms with Crippen LogP contribution in [0.15, 0.2) is 24.5 Å². The maximum absolute atomic E-state index is 4.04. The molecule has 2 heteroatoms. The summed E-state index contributed by atoms with van der Waals surface area (Å²) in [7, 11) is 0. The van der Waals surface area contributed by atoms with E-state index in [9.17, 15) is 0 Å². The molecule has 0 amide bonds. The summed E-state index contributed by atoms with van der Waals surface area (Å²) in [6, 6.07) is 4.89. The summed E-state index contributed by atoms with van der Waals surface area (Å²) >= 11 is 0. The van der Waals surface area contributed by atoms with Crippen molar-refractivity contribution in [3.63, 3.8) is 0 Å². The van der Waals surface area contributed by atoms with Crippen molar-refractivity contribution < 1.29 is 0 Å². The number of aromatic nitrogens is 1. The first-order valence-corrected chi connectivity index (χ1v) is 5.04. The van der Waals surface area contributed by atoms with Crippen molar-refractivity contribution in [1.29, 1.82) is 0 Å². The van der Waals surface area contributed by atoms with Gasteiger partial charge in [-0.25, -0.2) is 0 Å². The lowest BCUT2D eigenvalue weighted by molar-refractivity contribution is 0.485. The van der Waals surface area contributed by atoms with E-state index >= 15 is 0 Å². The highest BCUT2D eigenvalue weighted by Gasteiger charge is 2.17. The number of anilines is 1. The van der Waals surface area contributed by atoms with Crippen LogP contribution in [0.3, 0.4) is 0 Å². The monoisotopic (exact) mass is 176 g/mol. The van der Waals surface area contributed by atoms with Crippen LogP contribution in [0.5, 0.6) is 0 Å². The maximum Gasteiger partial charge on any atom is 0.0399 e. The normalized spacial score (nSPS) is 23.2. The second kappa shape index (κ2) is 3.77. The molecular formula is C11H16N2. The number of hydrogen-bond donors (Lipinski definition) is 0. The minimum Gasteiger partial charge on any atom is -0.369 e. The predicted molar refractivity (Wildman–Crippen MR) is 54.9 cm³/mol. The lowest BCUT2D eigenvalue weighted by Gasteiger charge is -2.35. The van der Waals surface area contributed by atoms with Gasteiger partial charge in [-0.1, -0.05) is 0 Å². The molecule has 0 saturated carbocycles. The Morgan fingerprint density at radius 3 is 2.77 bits per heavy atom. The SMILES string of the molecule is CC1CCCCN1c1ccncc1. The molecule has 1 aliphatic heterocycles. The Bertz CT molecular complexity index is 258. The first kappa shape index (κ1) is 8.54. The van der Waals surface area contributed by atoms with Crippen molar-refractivity contribution in [1.82, 2.24) is 4.98 Å². The Hall–Kier alpha value is -1.05. The topological polar surface area (TPSA) is 16.1 Å². The van der Waals surface area contributed by atoms with Gasteiger partial charge in [-0.3, -0.25) is 4.98 Å². The molecule has 2 heterocycles. The minimum atomic E-state index is 0.691. The van der Waals surface area contributed by atoms with Gasteiger partial charge in [-0.05, 0) is 38.3 Å². The van der Waals surface area contributed by atoms with E-state index in [1.165, 1.54) is 31.5 Å². The van der Waals surface area contributed by atoms with Crippen molar-refractivity contribution in [3.8, 4) is 0 Å². The molecule has 0 bridgehead atoms. The third-order valence-electron chi connectivity index (χ3n) is 2.80. The molecule has 13 heavy (non-hydrogen) atoms. The van der Waals surface area contributed by atoms with Crippen molar-refractivity contribution >= 4 is 5.69 Å². The summed E-state index contributed by atoms with van der Waals surface area (Å²) in [5.74, 6) is 0. The molecule has 0 N–H and O–H groups in total. The van der Waals surface area contributed by atoms with Crippen LogP contribution in [0.4, 0.5) is 5.69 Å². The summed E-state index contributed by atoms with van der Waals surface area (Å²) in [6.45, 7) is 3.50. The molecule has 70 valence electrons. The number of nitrogens with zero attached hydrogens (tertiary/aromatic N) is 2. The van der Waals surface area contributed by atoms with E-state index in [0.717, 1.165) is 0 Å². The zero-order chi connectivity index (χ0) is 9.10. The van der Waals surface area contributed by atoms with Crippen LogP contribution >= 0.6 is 0 Å². The second-order valence-corrected chi connectivity index (χ2v) is 3.74. The third-order valence-corrected chi connectivity index (χ3v) is 2.80. The molecule has 1 fully saturated rings. The quantitative estimate of drug-likeness (QED) is 0.653. The molecule has 2 rings (SSSR count). The van der Waals surface area contributed by atoms with Crippen LogP contribution in [-0.4, -0.2) is 17.6 Å². The third kappa shape index (κ3) is 1.82. The van der Waals surface area contributed by atoms with Crippen LogP contribution in [0.25, 0.3) is 0 Å². The molecule has 1 aliphatic rings. The van der Waals surface area contributed by atoms with E-state index in [-0.39, 0.29) is 0 Å². The summed E-state index contributed by atoms with van der Waals surface area (Å²) in [5, 5.41) is 0. The van der Waals surface area contributed by atoms with E-state index in [0.29, 0.717) is 6.04 Å². The van der Waals surface area contributed by atoms with Crippen molar-refractivity contribution in [2.24, 2.45) is 0 Å². The molecule has 0 spiro atoms. The molecule has 2 nitrogen and oxygen atoms in total. The summed E-state index contributed by atoms with van der Waals surface area (Å²) in [4.78, 5) is 6.52. The van der Waals surface area contributed by atoms with Gasteiger partial charge in [0.2, 0.25) is 0 Å². The van der Waals surface area contributed by atoms with Gasteiger partial charge in [-0.15, -0.1) is 0 Å². The Kier molecular flexibility index (Phi) is 2.48. The first-order valence-electron chi connectivity index (χ1n) is 5.04. The van der Waals surface area contributed by atoms with Crippen LogP contribution in [0.2, 0.25) is 0 Å². The Morgan fingerprint density at radius 1 is 1.31 bits per heavy atom. The molecule has 1 atom stereocenters. The standard InChI is InChI=1S/C11H16N2/c1-10-4-2-3-9-13(10)11-5-7-12-8-6-11/h5-8,10H,2-4,9H2,1H3. The van der Waals surface area contributed by atoms with Crippen LogP contribution in [0, 0.1) is 0 Å². The molecule has 0 aromatic carbocycles. The van der Waals surface area contributed by atoms with Crippen LogP contribution in [0.1, 0.15) is 26.2 Å².